The Morgan fingerprint density at radius 3 is 2.82 bits per heavy atom. The predicted molar refractivity (Wildman–Crippen MR) is 66.4 cm³/mol. The van der Waals surface area contributed by atoms with Crippen molar-refractivity contribution in [2.75, 3.05) is 18.5 Å². The van der Waals surface area contributed by atoms with Gasteiger partial charge >= 0.3 is 0 Å². The smallest absolute Gasteiger partial charge is 0.274 e. The Kier molecular flexibility index (Phi) is 4.71. The van der Waals surface area contributed by atoms with Gasteiger partial charge in [-0.15, -0.1) is 0 Å². The maximum absolute atomic E-state index is 10.5. The van der Waals surface area contributed by atoms with Gasteiger partial charge in [0.25, 0.3) is 6.20 Å². The van der Waals surface area contributed by atoms with E-state index in [0.717, 1.165) is 11.9 Å². The van der Waals surface area contributed by atoms with Crippen LogP contribution in [0.3, 0.4) is 0 Å². The molecule has 0 aliphatic rings. The lowest BCUT2D eigenvalue weighted by molar-refractivity contribution is -0.403. The van der Waals surface area contributed by atoms with Gasteiger partial charge in [0.15, 0.2) is 5.82 Å². The summed E-state index contributed by atoms with van der Waals surface area (Å²) < 4.78 is 0. The third-order valence-electron chi connectivity index (χ3n) is 2.11. The summed E-state index contributed by atoms with van der Waals surface area (Å²) in [6.07, 6.45) is 2.48. The second-order valence-electron chi connectivity index (χ2n) is 3.13. The van der Waals surface area contributed by atoms with Crippen LogP contribution in [0, 0.1) is 10.1 Å². The highest BCUT2D eigenvalue weighted by Crippen LogP contribution is 2.18. The Morgan fingerprint density at radius 1 is 1.71 bits per heavy atom. The van der Waals surface area contributed by atoms with E-state index in [1.165, 1.54) is 0 Å². The van der Waals surface area contributed by atoms with Crippen molar-refractivity contribution in [1.82, 2.24) is 10.3 Å². The van der Waals surface area contributed by atoms with Crippen LogP contribution in [-0.2, 0) is 0 Å². The molecule has 0 radical (unpaired) electrons. The molecule has 0 saturated carbocycles. The molecule has 1 heterocycles. The zero-order chi connectivity index (χ0) is 12.8. The number of rotatable bonds is 5. The largest absolute Gasteiger partial charge is 0.369 e. The Hall–Kier alpha value is -1.82. The molecule has 0 atom stereocenters. The molecule has 92 valence electrons. The minimum absolute atomic E-state index is 0.383. The van der Waals surface area contributed by atoms with Gasteiger partial charge < -0.3 is 10.2 Å². The summed E-state index contributed by atoms with van der Waals surface area (Å²) in [5.41, 5.74) is 0.736. The molecular formula is C10H13ClN4O2. The van der Waals surface area contributed by atoms with E-state index in [4.69, 9.17) is 11.6 Å². The molecule has 6 nitrogen and oxygen atoms in total. The van der Waals surface area contributed by atoms with Crippen LogP contribution in [0.4, 0.5) is 5.69 Å². The SMILES string of the molecule is CCN(C(=C[N+](=O)[O-])NC)c1ccc(Cl)nc1. The summed E-state index contributed by atoms with van der Waals surface area (Å²) in [5, 5.41) is 13.7. The molecule has 0 aliphatic heterocycles. The number of halogens is 1. The third kappa shape index (κ3) is 3.60. The van der Waals surface area contributed by atoms with Gasteiger partial charge in [0.05, 0.1) is 16.8 Å². The summed E-state index contributed by atoms with van der Waals surface area (Å²) in [5.74, 6) is 0.390. The van der Waals surface area contributed by atoms with E-state index in [1.807, 2.05) is 6.92 Å². The van der Waals surface area contributed by atoms with Crippen LogP contribution in [0.25, 0.3) is 0 Å². The van der Waals surface area contributed by atoms with E-state index in [0.29, 0.717) is 17.5 Å². The van der Waals surface area contributed by atoms with Gasteiger partial charge in [-0.1, -0.05) is 11.6 Å². The zero-order valence-corrected chi connectivity index (χ0v) is 10.3. The van der Waals surface area contributed by atoms with Crippen molar-refractivity contribution in [3.8, 4) is 0 Å². The summed E-state index contributed by atoms with van der Waals surface area (Å²) in [6, 6.07) is 3.39. The van der Waals surface area contributed by atoms with Crippen molar-refractivity contribution in [2.45, 2.75) is 6.92 Å². The van der Waals surface area contributed by atoms with E-state index >= 15 is 0 Å². The van der Waals surface area contributed by atoms with Crippen LogP contribution in [0.1, 0.15) is 6.92 Å². The van der Waals surface area contributed by atoms with Crippen LogP contribution in [0.2, 0.25) is 5.15 Å². The van der Waals surface area contributed by atoms with E-state index in [-0.39, 0.29) is 0 Å². The molecule has 0 aliphatic carbocycles. The molecule has 1 aromatic heterocycles. The maximum Gasteiger partial charge on any atom is 0.274 e. The fraction of sp³-hybridized carbons (Fsp3) is 0.300. The molecule has 0 unspecified atom stereocenters. The van der Waals surface area contributed by atoms with E-state index < -0.39 is 4.92 Å². The van der Waals surface area contributed by atoms with Crippen molar-refractivity contribution in [3.63, 3.8) is 0 Å². The summed E-state index contributed by atoms with van der Waals surface area (Å²) >= 11 is 5.69. The first-order valence-corrected chi connectivity index (χ1v) is 5.38. The van der Waals surface area contributed by atoms with Gasteiger partial charge in [0.1, 0.15) is 5.15 Å². The normalized spacial score (nSPS) is 11.1. The average Bonchev–Trinajstić information content (AvgIpc) is 2.30. The number of nitrogens with one attached hydrogen (secondary N) is 1. The first-order chi connectivity index (χ1) is 8.08. The van der Waals surface area contributed by atoms with E-state index in [1.54, 1.807) is 30.3 Å². The fourth-order valence-corrected chi connectivity index (χ4v) is 1.50. The fourth-order valence-electron chi connectivity index (χ4n) is 1.39. The van der Waals surface area contributed by atoms with Gasteiger partial charge in [0.2, 0.25) is 0 Å². The molecule has 0 amide bonds. The molecule has 0 spiro atoms. The molecule has 0 fully saturated rings. The van der Waals surface area contributed by atoms with Gasteiger partial charge in [-0.05, 0) is 19.1 Å². The Balaban J connectivity index is 3.05. The molecule has 7 heteroatoms. The molecule has 1 rings (SSSR count). The number of hydrogen-bond acceptors (Lipinski definition) is 5. The Labute approximate surface area is 104 Å². The van der Waals surface area contributed by atoms with Crippen molar-refractivity contribution in [2.24, 2.45) is 0 Å². The van der Waals surface area contributed by atoms with E-state index in [2.05, 4.69) is 10.3 Å². The highest BCUT2D eigenvalue weighted by atomic mass is 35.5. The first-order valence-electron chi connectivity index (χ1n) is 5.00. The third-order valence-corrected chi connectivity index (χ3v) is 2.34. The quantitative estimate of drug-likeness (QED) is 0.495. The Bertz CT molecular complexity index is 419. The monoisotopic (exact) mass is 256 g/mol. The number of nitro groups is 1. The average molecular weight is 257 g/mol. The molecule has 0 saturated heterocycles. The zero-order valence-electron chi connectivity index (χ0n) is 9.55. The molecule has 1 N–H and O–H groups in total. The second-order valence-corrected chi connectivity index (χ2v) is 3.52. The summed E-state index contributed by atoms with van der Waals surface area (Å²) in [6.45, 7) is 2.46. The van der Waals surface area contributed by atoms with Crippen LogP contribution in [0.5, 0.6) is 0 Å². The van der Waals surface area contributed by atoms with Gasteiger partial charge in [-0.3, -0.25) is 10.1 Å². The number of pyridine rings is 1. The minimum Gasteiger partial charge on any atom is -0.369 e. The van der Waals surface area contributed by atoms with Gasteiger partial charge in [-0.2, -0.15) is 0 Å². The molecule has 0 aromatic carbocycles. The minimum atomic E-state index is -0.502. The number of nitrogens with zero attached hydrogens (tertiary/aromatic N) is 3. The van der Waals surface area contributed by atoms with Crippen LogP contribution < -0.4 is 10.2 Å². The lowest BCUT2D eigenvalue weighted by Gasteiger charge is -2.23. The van der Waals surface area contributed by atoms with Crippen molar-refractivity contribution in [3.05, 3.63) is 45.6 Å². The highest BCUT2D eigenvalue weighted by molar-refractivity contribution is 6.29. The lowest BCUT2D eigenvalue weighted by Crippen LogP contribution is -2.30. The van der Waals surface area contributed by atoms with Crippen LogP contribution >= 0.6 is 11.6 Å². The van der Waals surface area contributed by atoms with Crippen LogP contribution in [-0.4, -0.2) is 23.5 Å². The molecule has 0 bridgehead atoms. The van der Waals surface area contributed by atoms with E-state index in [9.17, 15) is 10.1 Å². The highest BCUT2D eigenvalue weighted by Gasteiger charge is 2.12. The lowest BCUT2D eigenvalue weighted by atomic mass is 10.3. The first kappa shape index (κ1) is 13.2. The van der Waals surface area contributed by atoms with Crippen molar-refractivity contribution >= 4 is 17.3 Å². The Morgan fingerprint density at radius 2 is 2.41 bits per heavy atom. The summed E-state index contributed by atoms with van der Waals surface area (Å²) in [4.78, 5) is 15.7. The standard InChI is InChI=1S/C10H13ClN4O2/c1-3-14(10(12-2)7-15(16)17)8-4-5-9(11)13-6-8/h4-7,12H,3H2,1-2H3. The van der Waals surface area contributed by atoms with Crippen molar-refractivity contribution < 1.29 is 4.92 Å². The predicted octanol–water partition coefficient (Wildman–Crippen LogP) is 1.86. The maximum atomic E-state index is 10.5. The van der Waals surface area contributed by atoms with Gasteiger partial charge in [0, 0.05) is 13.6 Å². The number of aromatic nitrogens is 1. The van der Waals surface area contributed by atoms with Gasteiger partial charge in [-0.25, -0.2) is 4.98 Å². The second kappa shape index (κ2) is 6.05. The van der Waals surface area contributed by atoms with Crippen LogP contribution in [0.15, 0.2) is 30.4 Å². The summed E-state index contributed by atoms with van der Waals surface area (Å²) in [7, 11) is 1.63. The topological polar surface area (TPSA) is 71.3 Å². The molecular weight excluding hydrogens is 244 g/mol. The molecule has 1 aromatic rings. The number of hydrogen-bond donors (Lipinski definition) is 1. The number of anilines is 1. The van der Waals surface area contributed by atoms with Crippen molar-refractivity contribution in [1.29, 1.82) is 0 Å². The molecule has 17 heavy (non-hydrogen) atoms.